The second-order valence-electron chi connectivity index (χ2n) is 2.82. The predicted octanol–water partition coefficient (Wildman–Crippen LogP) is 0.523. The molecular weight excluding hydrogens is 166 g/mol. The van der Waals surface area contributed by atoms with E-state index in [1.807, 2.05) is 0 Å². The molecule has 0 saturated carbocycles. The summed E-state index contributed by atoms with van der Waals surface area (Å²) in [4.78, 5) is 22.2. The van der Waals surface area contributed by atoms with E-state index in [4.69, 9.17) is 5.73 Å². The quantitative estimate of drug-likeness (QED) is 0.298. The normalized spacial score (nSPS) is 10.1. The Hall–Kier alpha value is -1.14. The van der Waals surface area contributed by atoms with E-state index < -0.39 is 5.41 Å². The molecule has 0 unspecified atom stereocenters. The first-order valence-electron chi connectivity index (χ1n) is 4.36. The fourth-order valence-corrected chi connectivity index (χ4v) is 1.05. The van der Waals surface area contributed by atoms with Gasteiger partial charge in [0.2, 0.25) is 5.78 Å². The Kier molecular flexibility index (Phi) is 5.01. The maximum atomic E-state index is 11.5. The van der Waals surface area contributed by atoms with E-state index in [1.54, 1.807) is 13.8 Å². The van der Waals surface area contributed by atoms with E-state index in [1.165, 1.54) is 0 Å². The minimum absolute atomic E-state index is 0.147. The van der Waals surface area contributed by atoms with E-state index >= 15 is 0 Å². The molecule has 0 heterocycles. The van der Waals surface area contributed by atoms with Crippen LogP contribution in [0, 0.1) is 17.3 Å². The summed E-state index contributed by atoms with van der Waals surface area (Å²) in [6.07, 6.45) is 1.68. The topological polar surface area (TPSA) is 60.2 Å². The van der Waals surface area contributed by atoms with Crippen LogP contribution in [-0.4, -0.2) is 18.6 Å². The average molecular weight is 181 g/mol. The van der Waals surface area contributed by atoms with Gasteiger partial charge >= 0.3 is 0 Å². The first kappa shape index (κ1) is 11.9. The molecule has 0 bridgehead atoms. The fraction of sp³-hybridized carbons (Fsp3) is 0.600. The molecule has 0 fully saturated rings. The number of Topliss-reactive ketones (excluding diaryl/α,β-unsaturated/α-hetero) is 1. The number of rotatable bonds is 4. The van der Waals surface area contributed by atoms with Crippen LogP contribution < -0.4 is 5.73 Å². The molecule has 3 heteroatoms. The van der Waals surface area contributed by atoms with Gasteiger partial charge in [-0.3, -0.25) is 4.79 Å². The number of carbonyl (C=O) groups is 2. The Labute approximate surface area is 78.7 Å². The molecule has 0 amide bonds. The first-order chi connectivity index (χ1) is 6.16. The molecule has 0 spiro atoms. The van der Waals surface area contributed by atoms with Gasteiger partial charge in [-0.25, -0.2) is 0 Å². The first-order valence-corrected chi connectivity index (χ1v) is 4.36. The van der Waals surface area contributed by atoms with Gasteiger partial charge in [0.25, 0.3) is 0 Å². The zero-order valence-corrected chi connectivity index (χ0v) is 8.09. The van der Waals surface area contributed by atoms with Gasteiger partial charge in [-0.05, 0) is 18.8 Å². The largest absolute Gasteiger partial charge is 0.320 e. The molecule has 0 aromatic rings. The van der Waals surface area contributed by atoms with Crippen molar-refractivity contribution in [1.82, 2.24) is 0 Å². The Morgan fingerprint density at radius 3 is 2.31 bits per heavy atom. The monoisotopic (exact) mass is 181 g/mol. The van der Waals surface area contributed by atoms with Crippen molar-refractivity contribution in [2.75, 3.05) is 6.54 Å². The summed E-state index contributed by atoms with van der Waals surface area (Å²) in [5.74, 6) is 4.54. The summed E-state index contributed by atoms with van der Waals surface area (Å²) in [5, 5.41) is 0. The second kappa shape index (κ2) is 5.50. The summed E-state index contributed by atoms with van der Waals surface area (Å²) in [6.45, 7) is 3.76. The van der Waals surface area contributed by atoms with Crippen LogP contribution in [0.2, 0.25) is 0 Å². The smallest absolute Gasteiger partial charge is 0.218 e. The van der Waals surface area contributed by atoms with Gasteiger partial charge in [0.15, 0.2) is 0 Å². The fourth-order valence-electron chi connectivity index (χ4n) is 1.05. The average Bonchev–Trinajstić information content (AvgIpc) is 2.18. The summed E-state index contributed by atoms with van der Waals surface area (Å²) in [5.41, 5.74) is 4.22. The molecule has 0 aliphatic rings. The Bertz CT molecular complexity index is 243. The number of ketones is 1. The maximum absolute atomic E-state index is 11.5. The van der Waals surface area contributed by atoms with Gasteiger partial charge in [-0.1, -0.05) is 19.8 Å². The highest BCUT2D eigenvalue weighted by Crippen LogP contribution is 2.24. The van der Waals surface area contributed by atoms with Crippen molar-refractivity contribution >= 4 is 12.1 Å². The van der Waals surface area contributed by atoms with Gasteiger partial charge in [0.05, 0.1) is 12.0 Å². The standard InChI is InChI=1S/C10H15NO2/c1-3-10(4-2,8-12)9(13)6-5-7-11/h8H,3-4,7,11H2,1-2H3. The predicted molar refractivity (Wildman–Crippen MR) is 50.9 cm³/mol. The molecule has 0 aromatic carbocycles. The lowest BCUT2D eigenvalue weighted by atomic mass is 9.80. The molecule has 0 atom stereocenters. The van der Waals surface area contributed by atoms with Crippen LogP contribution in [0.5, 0.6) is 0 Å². The lowest BCUT2D eigenvalue weighted by Crippen LogP contribution is -2.30. The summed E-state index contributed by atoms with van der Waals surface area (Å²) in [7, 11) is 0. The molecule has 0 aliphatic carbocycles. The van der Waals surface area contributed by atoms with Crippen molar-refractivity contribution in [2.24, 2.45) is 11.1 Å². The Balaban J connectivity index is 4.74. The van der Waals surface area contributed by atoms with Crippen LogP contribution in [0.15, 0.2) is 0 Å². The van der Waals surface area contributed by atoms with E-state index in [9.17, 15) is 9.59 Å². The van der Waals surface area contributed by atoms with E-state index in [0.717, 1.165) is 0 Å². The van der Waals surface area contributed by atoms with Crippen molar-refractivity contribution in [3.8, 4) is 11.8 Å². The molecule has 2 N–H and O–H groups in total. The van der Waals surface area contributed by atoms with Gasteiger partial charge in [-0.2, -0.15) is 0 Å². The Morgan fingerprint density at radius 2 is 2.00 bits per heavy atom. The van der Waals surface area contributed by atoms with Crippen LogP contribution >= 0.6 is 0 Å². The van der Waals surface area contributed by atoms with Gasteiger partial charge in [0.1, 0.15) is 6.29 Å². The number of carbonyl (C=O) groups excluding carboxylic acids is 2. The van der Waals surface area contributed by atoms with Crippen LogP contribution in [0.4, 0.5) is 0 Å². The molecule has 0 rings (SSSR count). The van der Waals surface area contributed by atoms with Crippen LogP contribution in [0.3, 0.4) is 0 Å². The highest BCUT2D eigenvalue weighted by molar-refractivity contribution is 6.08. The van der Waals surface area contributed by atoms with Crippen molar-refractivity contribution in [3.05, 3.63) is 0 Å². The molecule has 0 aromatic heterocycles. The van der Waals surface area contributed by atoms with Crippen LogP contribution in [-0.2, 0) is 9.59 Å². The highest BCUT2D eigenvalue weighted by atomic mass is 16.1. The molecular formula is C10H15NO2. The molecule has 13 heavy (non-hydrogen) atoms. The Morgan fingerprint density at radius 1 is 1.46 bits per heavy atom. The highest BCUT2D eigenvalue weighted by Gasteiger charge is 2.32. The lowest BCUT2D eigenvalue weighted by molar-refractivity contribution is -0.130. The zero-order valence-electron chi connectivity index (χ0n) is 8.09. The molecule has 3 nitrogen and oxygen atoms in total. The van der Waals surface area contributed by atoms with E-state index in [0.29, 0.717) is 19.1 Å². The van der Waals surface area contributed by atoms with Gasteiger partial charge in [-0.15, -0.1) is 0 Å². The van der Waals surface area contributed by atoms with Crippen molar-refractivity contribution in [1.29, 1.82) is 0 Å². The lowest BCUT2D eigenvalue weighted by Gasteiger charge is -2.19. The second-order valence-corrected chi connectivity index (χ2v) is 2.82. The number of hydrogen-bond acceptors (Lipinski definition) is 3. The van der Waals surface area contributed by atoms with Crippen molar-refractivity contribution in [3.63, 3.8) is 0 Å². The van der Waals surface area contributed by atoms with E-state index in [-0.39, 0.29) is 12.3 Å². The summed E-state index contributed by atoms with van der Waals surface area (Å²) in [6, 6.07) is 0. The minimum Gasteiger partial charge on any atom is -0.320 e. The summed E-state index contributed by atoms with van der Waals surface area (Å²) < 4.78 is 0. The zero-order chi connectivity index (χ0) is 10.3. The van der Waals surface area contributed by atoms with Crippen LogP contribution in [0.1, 0.15) is 26.7 Å². The minimum atomic E-state index is -0.915. The van der Waals surface area contributed by atoms with Crippen molar-refractivity contribution in [2.45, 2.75) is 26.7 Å². The number of aldehydes is 1. The maximum Gasteiger partial charge on any atom is 0.218 e. The third kappa shape index (κ3) is 2.67. The molecule has 0 aliphatic heterocycles. The molecule has 0 radical (unpaired) electrons. The third-order valence-corrected chi connectivity index (χ3v) is 2.24. The van der Waals surface area contributed by atoms with Gasteiger partial charge < -0.3 is 10.5 Å². The SMILES string of the molecule is CCC(C=O)(CC)C(=O)C#CCN. The molecule has 72 valence electrons. The number of hydrogen-bond donors (Lipinski definition) is 1. The summed E-state index contributed by atoms with van der Waals surface area (Å²) >= 11 is 0. The van der Waals surface area contributed by atoms with Gasteiger partial charge in [0, 0.05) is 0 Å². The number of nitrogens with two attached hydrogens (primary N) is 1. The third-order valence-electron chi connectivity index (χ3n) is 2.24. The molecule has 0 saturated heterocycles. The van der Waals surface area contributed by atoms with Crippen LogP contribution in [0.25, 0.3) is 0 Å². The van der Waals surface area contributed by atoms with E-state index in [2.05, 4.69) is 11.8 Å². The van der Waals surface area contributed by atoms with Crippen molar-refractivity contribution < 1.29 is 9.59 Å².